The van der Waals surface area contributed by atoms with E-state index in [4.69, 9.17) is 0 Å². The lowest BCUT2D eigenvalue weighted by molar-refractivity contribution is -0.137. The predicted molar refractivity (Wildman–Crippen MR) is 114 cm³/mol. The molecule has 4 rings (SSSR count). The number of nitrogens with zero attached hydrogens (tertiary/aromatic N) is 4. The Balaban J connectivity index is 1.43. The highest BCUT2D eigenvalue weighted by molar-refractivity contribution is 7.17. The van der Waals surface area contributed by atoms with Crippen LogP contribution in [-0.4, -0.2) is 25.7 Å². The molecule has 4 aromatic rings. The molecule has 0 unspecified atom stereocenters. The number of hydrogen-bond acceptors (Lipinski definition) is 5. The average molecular weight is 457 g/mol. The zero-order chi connectivity index (χ0) is 22.7. The van der Waals surface area contributed by atoms with Crippen LogP contribution in [0.2, 0.25) is 0 Å². The molecule has 2 aromatic heterocycles. The van der Waals surface area contributed by atoms with Gasteiger partial charge in [-0.2, -0.15) is 18.3 Å². The molecule has 10 heteroatoms. The minimum absolute atomic E-state index is 0.278. The van der Waals surface area contributed by atoms with Gasteiger partial charge < -0.3 is 5.32 Å². The van der Waals surface area contributed by atoms with Crippen LogP contribution in [0, 0.1) is 6.92 Å². The van der Waals surface area contributed by atoms with Gasteiger partial charge in [0, 0.05) is 12.1 Å². The van der Waals surface area contributed by atoms with Crippen molar-refractivity contribution in [2.45, 2.75) is 26.2 Å². The second-order valence-electron chi connectivity index (χ2n) is 7.10. The van der Waals surface area contributed by atoms with E-state index in [9.17, 15) is 18.0 Å². The van der Waals surface area contributed by atoms with E-state index in [1.54, 1.807) is 17.9 Å². The van der Waals surface area contributed by atoms with Gasteiger partial charge in [-0.3, -0.25) is 4.79 Å². The number of amides is 1. The minimum atomic E-state index is -4.39. The molecule has 0 aliphatic rings. The molecule has 32 heavy (non-hydrogen) atoms. The molecular weight excluding hydrogens is 439 g/mol. The molecule has 0 spiro atoms. The van der Waals surface area contributed by atoms with E-state index in [-0.39, 0.29) is 5.91 Å². The number of rotatable bonds is 6. The number of alkyl halides is 3. The van der Waals surface area contributed by atoms with Crippen molar-refractivity contribution in [3.63, 3.8) is 0 Å². The minimum Gasteiger partial charge on any atom is -0.347 e. The lowest BCUT2D eigenvalue weighted by atomic mass is 10.1. The van der Waals surface area contributed by atoms with Crippen molar-refractivity contribution in [3.8, 4) is 10.6 Å². The van der Waals surface area contributed by atoms with Gasteiger partial charge >= 0.3 is 6.18 Å². The lowest BCUT2D eigenvalue weighted by Gasteiger charge is -2.07. The smallest absolute Gasteiger partial charge is 0.347 e. The largest absolute Gasteiger partial charge is 0.416 e. The average Bonchev–Trinajstić information content (AvgIpc) is 3.41. The quantitative estimate of drug-likeness (QED) is 0.455. The van der Waals surface area contributed by atoms with Crippen LogP contribution in [0.15, 0.2) is 61.2 Å². The maximum absolute atomic E-state index is 12.8. The van der Waals surface area contributed by atoms with Crippen molar-refractivity contribution in [2.24, 2.45) is 0 Å². The summed E-state index contributed by atoms with van der Waals surface area (Å²) in [4.78, 5) is 21.4. The van der Waals surface area contributed by atoms with E-state index in [0.29, 0.717) is 34.2 Å². The van der Waals surface area contributed by atoms with E-state index < -0.39 is 11.7 Å². The van der Waals surface area contributed by atoms with Gasteiger partial charge in [0.1, 0.15) is 22.5 Å². The van der Waals surface area contributed by atoms with Crippen LogP contribution in [0.5, 0.6) is 0 Å². The van der Waals surface area contributed by atoms with Gasteiger partial charge in [0.15, 0.2) is 0 Å². The molecule has 0 saturated heterocycles. The summed E-state index contributed by atoms with van der Waals surface area (Å²) in [5.74, 6) is -0.278. The van der Waals surface area contributed by atoms with Gasteiger partial charge in [-0.15, -0.1) is 11.3 Å². The maximum atomic E-state index is 12.8. The standard InChI is InChI=1S/C22H18F3N5OS/c1-14-19(32-21(29-14)17-5-7-18(8-6-17)22(23,24)25)20(31)27-10-15-3-2-4-16(9-15)11-30-13-26-12-28-30/h2-9,12-13H,10-11H2,1H3,(H,27,31). The second kappa shape index (κ2) is 8.91. The Hall–Kier alpha value is -3.53. The lowest BCUT2D eigenvalue weighted by Crippen LogP contribution is -2.22. The fourth-order valence-electron chi connectivity index (χ4n) is 3.13. The highest BCUT2D eigenvalue weighted by atomic mass is 32.1. The summed E-state index contributed by atoms with van der Waals surface area (Å²) < 4.78 is 40.0. The van der Waals surface area contributed by atoms with Gasteiger partial charge in [0.25, 0.3) is 5.91 Å². The number of carbonyl (C=O) groups excluding carboxylic acids is 1. The van der Waals surface area contributed by atoms with Crippen LogP contribution in [0.25, 0.3) is 10.6 Å². The van der Waals surface area contributed by atoms with E-state index in [2.05, 4.69) is 20.4 Å². The van der Waals surface area contributed by atoms with Crippen molar-refractivity contribution in [1.29, 1.82) is 0 Å². The number of aromatic nitrogens is 4. The molecule has 164 valence electrons. The van der Waals surface area contributed by atoms with E-state index in [1.807, 2.05) is 24.3 Å². The summed E-state index contributed by atoms with van der Waals surface area (Å²) >= 11 is 1.15. The highest BCUT2D eigenvalue weighted by Crippen LogP contribution is 2.33. The number of thiazole rings is 1. The van der Waals surface area contributed by atoms with E-state index in [1.165, 1.54) is 18.5 Å². The number of aryl methyl sites for hydroxylation is 1. The molecular formula is C22H18F3N5OS. The third-order valence-corrected chi connectivity index (χ3v) is 5.92. The Kier molecular flexibility index (Phi) is 6.04. The number of carbonyl (C=O) groups is 1. The molecule has 0 saturated carbocycles. The summed E-state index contributed by atoms with van der Waals surface area (Å²) in [6.07, 6.45) is -1.29. The Morgan fingerprint density at radius 3 is 2.56 bits per heavy atom. The third-order valence-electron chi connectivity index (χ3n) is 4.72. The van der Waals surface area contributed by atoms with Crippen molar-refractivity contribution >= 4 is 17.2 Å². The van der Waals surface area contributed by atoms with Gasteiger partial charge in [-0.25, -0.2) is 14.6 Å². The maximum Gasteiger partial charge on any atom is 0.416 e. The van der Waals surface area contributed by atoms with Crippen molar-refractivity contribution in [1.82, 2.24) is 25.1 Å². The topological polar surface area (TPSA) is 72.7 Å². The van der Waals surface area contributed by atoms with Crippen LogP contribution < -0.4 is 5.32 Å². The highest BCUT2D eigenvalue weighted by Gasteiger charge is 2.30. The first-order valence-electron chi connectivity index (χ1n) is 9.63. The Labute approximate surface area is 185 Å². The van der Waals surface area contributed by atoms with Gasteiger partial charge in [-0.1, -0.05) is 36.4 Å². The molecule has 0 fully saturated rings. The monoisotopic (exact) mass is 457 g/mol. The van der Waals surface area contributed by atoms with Crippen LogP contribution in [0.1, 0.15) is 32.1 Å². The fourth-order valence-corrected chi connectivity index (χ4v) is 4.12. The first-order chi connectivity index (χ1) is 15.3. The Bertz CT molecular complexity index is 1220. The Morgan fingerprint density at radius 1 is 1.12 bits per heavy atom. The molecule has 1 amide bonds. The van der Waals surface area contributed by atoms with Crippen LogP contribution in [-0.2, 0) is 19.3 Å². The molecule has 6 nitrogen and oxygen atoms in total. The van der Waals surface area contributed by atoms with Crippen LogP contribution in [0.4, 0.5) is 13.2 Å². The summed E-state index contributed by atoms with van der Waals surface area (Å²) in [6.45, 7) is 2.61. The SMILES string of the molecule is Cc1nc(-c2ccc(C(F)(F)F)cc2)sc1C(=O)NCc1cccc(Cn2cncn2)c1. The second-order valence-corrected chi connectivity index (χ2v) is 8.10. The number of benzene rings is 2. The van der Waals surface area contributed by atoms with Crippen molar-refractivity contribution in [2.75, 3.05) is 0 Å². The number of nitrogens with one attached hydrogen (secondary N) is 1. The molecule has 0 aliphatic carbocycles. The first kappa shape index (κ1) is 21.7. The number of halogens is 3. The summed E-state index contributed by atoms with van der Waals surface area (Å²) in [7, 11) is 0. The number of hydrogen-bond donors (Lipinski definition) is 1. The third kappa shape index (κ3) is 5.02. The van der Waals surface area contributed by atoms with Crippen LogP contribution in [0.3, 0.4) is 0 Å². The normalized spacial score (nSPS) is 11.5. The summed E-state index contributed by atoms with van der Waals surface area (Å²) in [6, 6.07) is 12.5. The van der Waals surface area contributed by atoms with Gasteiger partial charge in [0.05, 0.1) is 17.8 Å². The molecule has 0 radical (unpaired) electrons. The van der Waals surface area contributed by atoms with Crippen LogP contribution >= 0.6 is 11.3 Å². The molecule has 0 bridgehead atoms. The zero-order valence-electron chi connectivity index (χ0n) is 16.9. The Morgan fingerprint density at radius 2 is 1.88 bits per heavy atom. The van der Waals surface area contributed by atoms with Crippen molar-refractivity contribution in [3.05, 3.63) is 88.4 Å². The zero-order valence-corrected chi connectivity index (χ0v) is 17.7. The molecule has 0 atom stereocenters. The molecule has 1 N–H and O–H groups in total. The first-order valence-corrected chi connectivity index (χ1v) is 10.4. The van der Waals surface area contributed by atoms with Gasteiger partial charge in [-0.05, 0) is 30.2 Å². The van der Waals surface area contributed by atoms with E-state index >= 15 is 0 Å². The summed E-state index contributed by atoms with van der Waals surface area (Å²) in [5, 5.41) is 7.46. The molecule has 2 aromatic carbocycles. The summed E-state index contributed by atoms with van der Waals surface area (Å²) in [5.41, 5.74) is 2.30. The van der Waals surface area contributed by atoms with Crippen molar-refractivity contribution < 1.29 is 18.0 Å². The predicted octanol–water partition coefficient (Wildman–Crippen LogP) is 4.71. The van der Waals surface area contributed by atoms with Gasteiger partial charge in [0.2, 0.25) is 0 Å². The molecule has 2 heterocycles. The molecule has 0 aliphatic heterocycles. The fraction of sp³-hybridized carbons (Fsp3) is 0.182. The van der Waals surface area contributed by atoms with E-state index in [0.717, 1.165) is 34.6 Å².